The first-order chi connectivity index (χ1) is 7.74. The Hall–Kier alpha value is -1.55. The van der Waals surface area contributed by atoms with Gasteiger partial charge in [-0.15, -0.1) is 0 Å². The molecule has 3 nitrogen and oxygen atoms in total. The minimum atomic E-state index is 0.719. The molecule has 0 saturated heterocycles. The second kappa shape index (κ2) is 3.49. The normalized spacial score (nSPS) is 11.1. The van der Waals surface area contributed by atoms with Crippen LogP contribution in [-0.2, 0) is 0 Å². The van der Waals surface area contributed by atoms with Crippen molar-refractivity contribution in [2.75, 3.05) is 0 Å². The Morgan fingerprint density at radius 1 is 1.25 bits per heavy atom. The molecule has 0 bridgehead atoms. The number of aromatic nitrogens is 2. The molecule has 0 unspecified atom stereocenters. The lowest BCUT2D eigenvalue weighted by molar-refractivity contribution is 0.554. The van der Waals surface area contributed by atoms with Crippen molar-refractivity contribution in [3.63, 3.8) is 0 Å². The van der Waals surface area contributed by atoms with Gasteiger partial charge in [0.15, 0.2) is 10.4 Å². The van der Waals surface area contributed by atoms with E-state index >= 15 is 0 Å². The lowest BCUT2D eigenvalue weighted by Crippen LogP contribution is -1.86. The number of aryl methyl sites for hydroxylation is 1. The van der Waals surface area contributed by atoms with E-state index in [4.69, 9.17) is 4.42 Å². The average molecular weight is 277 g/mol. The van der Waals surface area contributed by atoms with E-state index in [1.165, 1.54) is 0 Å². The Morgan fingerprint density at radius 3 is 2.81 bits per heavy atom. The van der Waals surface area contributed by atoms with Crippen LogP contribution in [0.1, 0.15) is 5.69 Å². The van der Waals surface area contributed by atoms with Crippen LogP contribution in [0.15, 0.2) is 45.6 Å². The van der Waals surface area contributed by atoms with Gasteiger partial charge in [-0.25, -0.2) is 4.98 Å². The summed E-state index contributed by atoms with van der Waals surface area (Å²) < 4.78 is 8.25. The van der Waals surface area contributed by atoms with Gasteiger partial charge in [0.05, 0.1) is 0 Å². The molecule has 80 valence electrons. The molecule has 3 aromatic heterocycles. The van der Waals surface area contributed by atoms with Crippen molar-refractivity contribution >= 4 is 21.6 Å². The number of rotatable bonds is 1. The smallest absolute Gasteiger partial charge is 0.169 e. The van der Waals surface area contributed by atoms with Gasteiger partial charge in [-0.3, -0.25) is 0 Å². The summed E-state index contributed by atoms with van der Waals surface area (Å²) in [5, 5.41) is 0. The molecule has 0 aliphatic rings. The van der Waals surface area contributed by atoms with Gasteiger partial charge in [0.1, 0.15) is 11.3 Å². The first-order valence-electron chi connectivity index (χ1n) is 4.94. The largest absolute Gasteiger partial charge is 0.448 e. The van der Waals surface area contributed by atoms with E-state index in [1.807, 2.05) is 34.9 Å². The third kappa shape index (κ3) is 1.46. The number of halogens is 1. The van der Waals surface area contributed by atoms with E-state index in [-0.39, 0.29) is 0 Å². The van der Waals surface area contributed by atoms with Crippen LogP contribution in [0.5, 0.6) is 0 Å². The summed E-state index contributed by atoms with van der Waals surface area (Å²) in [5.74, 6) is 0.773. The van der Waals surface area contributed by atoms with E-state index in [9.17, 15) is 0 Å². The zero-order valence-corrected chi connectivity index (χ0v) is 10.2. The van der Waals surface area contributed by atoms with E-state index in [0.717, 1.165) is 27.5 Å². The molecule has 0 aliphatic carbocycles. The van der Waals surface area contributed by atoms with Crippen molar-refractivity contribution in [1.29, 1.82) is 0 Å². The topological polar surface area (TPSA) is 30.4 Å². The minimum Gasteiger partial charge on any atom is -0.448 e. The Morgan fingerprint density at radius 2 is 2.12 bits per heavy atom. The maximum atomic E-state index is 5.48. The minimum absolute atomic E-state index is 0.719. The standard InChI is InChI=1S/C12H9BrN2O/c1-8-3-2-4-12-14-9(7-15(8)12)10-5-6-11(13)16-10/h2-7H,1H3. The molecule has 0 aliphatic heterocycles. The molecule has 0 saturated carbocycles. The van der Waals surface area contributed by atoms with Crippen molar-refractivity contribution in [2.45, 2.75) is 6.92 Å². The Labute approximate surface area is 101 Å². The van der Waals surface area contributed by atoms with Crippen molar-refractivity contribution in [2.24, 2.45) is 0 Å². The molecule has 0 atom stereocenters. The number of fused-ring (bicyclic) bond motifs is 1. The second-order valence-electron chi connectivity index (χ2n) is 3.63. The molecule has 0 spiro atoms. The van der Waals surface area contributed by atoms with Crippen molar-refractivity contribution in [3.8, 4) is 11.5 Å². The van der Waals surface area contributed by atoms with Gasteiger partial charge in [-0.2, -0.15) is 0 Å². The van der Waals surface area contributed by atoms with Gasteiger partial charge >= 0.3 is 0 Å². The third-order valence-corrected chi connectivity index (χ3v) is 2.95. The van der Waals surface area contributed by atoms with Crippen LogP contribution >= 0.6 is 15.9 Å². The van der Waals surface area contributed by atoms with Gasteiger partial charge in [0, 0.05) is 11.9 Å². The van der Waals surface area contributed by atoms with Gasteiger partial charge in [-0.05, 0) is 47.1 Å². The van der Waals surface area contributed by atoms with Crippen LogP contribution in [-0.4, -0.2) is 9.38 Å². The van der Waals surface area contributed by atoms with Gasteiger partial charge in [0.2, 0.25) is 0 Å². The fourth-order valence-electron chi connectivity index (χ4n) is 1.72. The van der Waals surface area contributed by atoms with Crippen LogP contribution < -0.4 is 0 Å². The van der Waals surface area contributed by atoms with Gasteiger partial charge in [0.25, 0.3) is 0 Å². The molecule has 3 rings (SSSR count). The highest BCUT2D eigenvalue weighted by atomic mass is 79.9. The number of hydrogen-bond donors (Lipinski definition) is 0. The Kier molecular flexibility index (Phi) is 2.11. The summed E-state index contributed by atoms with van der Waals surface area (Å²) in [6, 6.07) is 9.80. The van der Waals surface area contributed by atoms with Gasteiger partial charge in [-0.1, -0.05) is 6.07 Å². The molecule has 0 amide bonds. The number of hydrogen-bond acceptors (Lipinski definition) is 2. The van der Waals surface area contributed by atoms with Crippen molar-refractivity contribution < 1.29 is 4.42 Å². The molecule has 16 heavy (non-hydrogen) atoms. The lowest BCUT2D eigenvalue weighted by atomic mass is 10.3. The highest BCUT2D eigenvalue weighted by Crippen LogP contribution is 2.24. The molecule has 0 aromatic carbocycles. The maximum absolute atomic E-state index is 5.48. The summed E-state index contributed by atoms with van der Waals surface area (Å²) in [5.41, 5.74) is 2.93. The number of pyridine rings is 1. The number of nitrogens with zero attached hydrogens (tertiary/aromatic N) is 2. The molecule has 0 fully saturated rings. The van der Waals surface area contributed by atoms with E-state index in [2.05, 4.69) is 33.9 Å². The van der Waals surface area contributed by atoms with Crippen LogP contribution in [0.4, 0.5) is 0 Å². The molecule has 3 aromatic rings. The van der Waals surface area contributed by atoms with Crippen molar-refractivity contribution in [1.82, 2.24) is 9.38 Å². The molecular weight excluding hydrogens is 268 g/mol. The fourth-order valence-corrected chi connectivity index (χ4v) is 2.03. The van der Waals surface area contributed by atoms with Gasteiger partial charge < -0.3 is 8.82 Å². The fraction of sp³-hybridized carbons (Fsp3) is 0.0833. The molecular formula is C12H9BrN2O. The zero-order valence-electron chi connectivity index (χ0n) is 8.64. The molecule has 0 N–H and O–H groups in total. The second-order valence-corrected chi connectivity index (χ2v) is 4.41. The lowest BCUT2D eigenvalue weighted by Gasteiger charge is -1.95. The monoisotopic (exact) mass is 276 g/mol. The SMILES string of the molecule is Cc1cccc2nc(-c3ccc(Br)o3)cn12. The van der Waals surface area contributed by atoms with E-state index in [1.54, 1.807) is 0 Å². The Balaban J connectivity index is 2.22. The van der Waals surface area contributed by atoms with Crippen molar-refractivity contribution in [3.05, 3.63) is 46.9 Å². The summed E-state index contributed by atoms with van der Waals surface area (Å²) in [6.07, 6.45) is 1.98. The maximum Gasteiger partial charge on any atom is 0.169 e. The first-order valence-corrected chi connectivity index (χ1v) is 5.74. The van der Waals surface area contributed by atoms with Crippen LogP contribution in [0.3, 0.4) is 0 Å². The predicted molar refractivity (Wildman–Crippen MR) is 65.3 cm³/mol. The third-order valence-electron chi connectivity index (χ3n) is 2.52. The Bertz CT molecular complexity index is 654. The summed E-state index contributed by atoms with van der Waals surface area (Å²) in [6.45, 7) is 2.05. The highest BCUT2D eigenvalue weighted by molar-refractivity contribution is 9.10. The number of imidazole rings is 1. The summed E-state index contributed by atoms with van der Waals surface area (Å²) in [4.78, 5) is 4.51. The number of furan rings is 1. The van der Waals surface area contributed by atoms with Crippen LogP contribution in [0.2, 0.25) is 0 Å². The molecule has 0 radical (unpaired) electrons. The van der Waals surface area contributed by atoms with Crippen LogP contribution in [0.25, 0.3) is 17.1 Å². The molecule has 3 heterocycles. The highest BCUT2D eigenvalue weighted by Gasteiger charge is 2.08. The van der Waals surface area contributed by atoms with E-state index in [0.29, 0.717) is 0 Å². The average Bonchev–Trinajstić information content (AvgIpc) is 2.84. The molecule has 4 heteroatoms. The predicted octanol–water partition coefficient (Wildman–Crippen LogP) is 3.67. The van der Waals surface area contributed by atoms with Crippen LogP contribution in [0, 0.1) is 6.92 Å². The first kappa shape index (κ1) is 9.66. The zero-order chi connectivity index (χ0) is 11.1. The summed E-state index contributed by atoms with van der Waals surface area (Å²) >= 11 is 3.29. The quantitative estimate of drug-likeness (QED) is 0.679. The summed E-state index contributed by atoms with van der Waals surface area (Å²) in [7, 11) is 0. The van der Waals surface area contributed by atoms with E-state index < -0.39 is 0 Å².